The van der Waals surface area contributed by atoms with Crippen molar-refractivity contribution in [1.82, 2.24) is 4.98 Å². The van der Waals surface area contributed by atoms with Gasteiger partial charge in [-0.15, -0.1) is 0 Å². The number of benzene rings is 1. The lowest BCUT2D eigenvalue weighted by molar-refractivity contribution is 0.535. The number of halogens is 2. The van der Waals surface area contributed by atoms with Crippen LogP contribution in [-0.2, 0) is 17.2 Å². The molecule has 0 spiro atoms. The molecule has 2 rings (SSSR count). The van der Waals surface area contributed by atoms with E-state index in [0.717, 1.165) is 17.8 Å². The Balaban J connectivity index is 2.13. The summed E-state index contributed by atoms with van der Waals surface area (Å²) >= 11 is 0. The summed E-state index contributed by atoms with van der Waals surface area (Å²) in [6.07, 6.45) is 2.00. The molecular weight excluding hydrogens is 270 g/mol. The van der Waals surface area contributed by atoms with Crippen LogP contribution in [0.1, 0.15) is 5.69 Å². The summed E-state index contributed by atoms with van der Waals surface area (Å²) in [5, 5.41) is 0. The van der Waals surface area contributed by atoms with Crippen LogP contribution in [0.25, 0.3) is 0 Å². The maximum Gasteiger partial charge on any atom is 0.144 e. The van der Waals surface area contributed by atoms with E-state index in [2.05, 4.69) is 4.98 Å². The second-order valence-electron chi connectivity index (χ2n) is 3.93. The molecule has 0 radical (unpaired) electrons. The topological polar surface area (TPSA) is 56.0 Å². The summed E-state index contributed by atoms with van der Waals surface area (Å²) in [4.78, 5) is 3.64. The van der Waals surface area contributed by atoms with Gasteiger partial charge in [0.2, 0.25) is 0 Å². The number of nitrogens with zero attached hydrogens (tertiary/aromatic N) is 1. The molecule has 3 nitrogen and oxygen atoms in total. The van der Waals surface area contributed by atoms with Crippen molar-refractivity contribution in [3.8, 4) is 0 Å². The van der Waals surface area contributed by atoms with Gasteiger partial charge < -0.3 is 5.73 Å². The number of hydrogen-bond donors (Lipinski definition) is 1. The van der Waals surface area contributed by atoms with Gasteiger partial charge in [-0.2, -0.15) is 0 Å². The Kier molecular flexibility index (Phi) is 4.21. The van der Waals surface area contributed by atoms with Gasteiger partial charge in [0.25, 0.3) is 0 Å². The molecule has 19 heavy (non-hydrogen) atoms. The molecule has 1 aromatic carbocycles. The normalized spacial score (nSPS) is 12.3. The van der Waals surface area contributed by atoms with Crippen LogP contribution in [0.3, 0.4) is 0 Å². The van der Waals surface area contributed by atoms with Crippen LogP contribution in [0, 0.1) is 11.6 Å². The van der Waals surface area contributed by atoms with Gasteiger partial charge in [-0.3, -0.25) is 9.19 Å². The average Bonchev–Trinajstić information content (AvgIpc) is 2.36. The standard InChI is InChI=1S/C13H12F2N2OS/c14-11-7-9(16)8-12(15)13(11)19(18)6-4-10-3-1-2-5-17-10/h1-3,5,7-8H,4,6,16H2. The van der Waals surface area contributed by atoms with Gasteiger partial charge in [-0.25, -0.2) is 8.78 Å². The monoisotopic (exact) mass is 282 g/mol. The summed E-state index contributed by atoms with van der Waals surface area (Å²) in [6.45, 7) is 0. The molecule has 2 aromatic rings. The summed E-state index contributed by atoms with van der Waals surface area (Å²) in [6, 6.07) is 7.27. The molecule has 2 N–H and O–H groups in total. The van der Waals surface area contributed by atoms with Crippen LogP contribution in [-0.4, -0.2) is 14.9 Å². The zero-order valence-electron chi connectivity index (χ0n) is 9.98. The molecular formula is C13H12F2N2OS. The predicted octanol–water partition coefficient (Wildman–Crippen LogP) is 2.29. The van der Waals surface area contributed by atoms with Crippen molar-refractivity contribution >= 4 is 16.5 Å². The van der Waals surface area contributed by atoms with Crippen molar-refractivity contribution in [2.24, 2.45) is 0 Å². The molecule has 0 fully saturated rings. The van der Waals surface area contributed by atoms with Crippen molar-refractivity contribution in [2.45, 2.75) is 11.3 Å². The number of pyridine rings is 1. The second-order valence-corrected chi connectivity index (χ2v) is 5.44. The largest absolute Gasteiger partial charge is 0.399 e. The van der Waals surface area contributed by atoms with Gasteiger partial charge in [0, 0.05) is 29.8 Å². The van der Waals surface area contributed by atoms with E-state index < -0.39 is 27.3 Å². The quantitative estimate of drug-likeness (QED) is 0.875. The predicted molar refractivity (Wildman–Crippen MR) is 70.0 cm³/mol. The molecule has 1 unspecified atom stereocenters. The van der Waals surface area contributed by atoms with E-state index in [9.17, 15) is 13.0 Å². The number of aryl methyl sites for hydroxylation is 1. The van der Waals surface area contributed by atoms with Gasteiger partial charge in [0.15, 0.2) is 0 Å². The number of hydrogen-bond acceptors (Lipinski definition) is 3. The van der Waals surface area contributed by atoms with Crippen LogP contribution < -0.4 is 5.73 Å². The molecule has 0 bridgehead atoms. The van der Waals surface area contributed by atoms with E-state index in [-0.39, 0.29) is 11.4 Å². The third-order valence-corrected chi connectivity index (χ3v) is 3.94. The Labute approximate surface area is 111 Å². The van der Waals surface area contributed by atoms with E-state index in [1.807, 2.05) is 0 Å². The van der Waals surface area contributed by atoms with Crippen LogP contribution in [0.15, 0.2) is 41.4 Å². The number of anilines is 1. The molecule has 0 saturated carbocycles. The summed E-state index contributed by atoms with van der Waals surface area (Å²) in [5.74, 6) is -1.65. The first-order chi connectivity index (χ1) is 9.08. The fourth-order valence-corrected chi connectivity index (χ4v) is 2.79. The zero-order chi connectivity index (χ0) is 13.8. The zero-order valence-corrected chi connectivity index (χ0v) is 10.8. The van der Waals surface area contributed by atoms with Crippen LogP contribution in [0.2, 0.25) is 0 Å². The minimum absolute atomic E-state index is 0.0273. The molecule has 0 aliphatic heterocycles. The van der Waals surface area contributed by atoms with Crippen molar-refractivity contribution in [3.05, 3.63) is 53.9 Å². The first-order valence-corrected chi connectivity index (χ1v) is 6.92. The third-order valence-electron chi connectivity index (χ3n) is 2.52. The Hall–Kier alpha value is -1.82. The summed E-state index contributed by atoms with van der Waals surface area (Å²) in [5.41, 5.74) is 6.01. The molecule has 0 aliphatic carbocycles. The Morgan fingerprint density at radius 3 is 2.47 bits per heavy atom. The number of nitrogen functional groups attached to an aromatic ring is 1. The smallest absolute Gasteiger partial charge is 0.144 e. The number of rotatable bonds is 4. The maximum atomic E-state index is 13.6. The van der Waals surface area contributed by atoms with Gasteiger partial charge in [0.1, 0.15) is 16.5 Å². The molecule has 0 aliphatic rings. The molecule has 1 heterocycles. The first-order valence-electron chi connectivity index (χ1n) is 5.60. The van der Waals surface area contributed by atoms with E-state index in [4.69, 9.17) is 5.73 Å². The SMILES string of the molecule is Nc1cc(F)c(S(=O)CCc2ccccn2)c(F)c1. The molecule has 1 atom stereocenters. The van der Waals surface area contributed by atoms with E-state index in [0.29, 0.717) is 6.42 Å². The van der Waals surface area contributed by atoms with Crippen LogP contribution in [0.4, 0.5) is 14.5 Å². The Morgan fingerprint density at radius 2 is 1.89 bits per heavy atom. The van der Waals surface area contributed by atoms with Gasteiger partial charge >= 0.3 is 0 Å². The fourth-order valence-electron chi connectivity index (χ4n) is 1.64. The maximum absolute atomic E-state index is 13.6. The minimum Gasteiger partial charge on any atom is -0.399 e. The molecule has 100 valence electrons. The highest BCUT2D eigenvalue weighted by molar-refractivity contribution is 7.85. The van der Waals surface area contributed by atoms with Crippen LogP contribution >= 0.6 is 0 Å². The molecule has 0 saturated heterocycles. The molecule has 6 heteroatoms. The van der Waals surface area contributed by atoms with Crippen molar-refractivity contribution in [2.75, 3.05) is 11.5 Å². The van der Waals surface area contributed by atoms with Crippen molar-refractivity contribution in [3.63, 3.8) is 0 Å². The highest BCUT2D eigenvalue weighted by atomic mass is 32.2. The lowest BCUT2D eigenvalue weighted by atomic mass is 10.3. The van der Waals surface area contributed by atoms with Crippen molar-refractivity contribution in [1.29, 1.82) is 0 Å². The van der Waals surface area contributed by atoms with Gasteiger partial charge in [0.05, 0.1) is 10.8 Å². The minimum atomic E-state index is -1.76. The summed E-state index contributed by atoms with van der Waals surface area (Å²) < 4.78 is 39.1. The second kappa shape index (κ2) is 5.88. The van der Waals surface area contributed by atoms with E-state index >= 15 is 0 Å². The fraction of sp³-hybridized carbons (Fsp3) is 0.154. The summed E-state index contributed by atoms with van der Waals surface area (Å²) in [7, 11) is -1.76. The Morgan fingerprint density at radius 1 is 1.21 bits per heavy atom. The molecule has 0 amide bonds. The highest BCUT2D eigenvalue weighted by Crippen LogP contribution is 2.20. The highest BCUT2D eigenvalue weighted by Gasteiger charge is 2.17. The van der Waals surface area contributed by atoms with E-state index in [1.54, 1.807) is 24.4 Å². The van der Waals surface area contributed by atoms with Crippen LogP contribution in [0.5, 0.6) is 0 Å². The van der Waals surface area contributed by atoms with Gasteiger partial charge in [-0.1, -0.05) is 6.07 Å². The lowest BCUT2D eigenvalue weighted by Gasteiger charge is -2.06. The number of aromatic nitrogens is 1. The first kappa shape index (κ1) is 13.6. The molecule has 1 aromatic heterocycles. The van der Waals surface area contributed by atoms with E-state index in [1.165, 1.54) is 0 Å². The third kappa shape index (κ3) is 3.35. The average molecular weight is 282 g/mol. The lowest BCUT2D eigenvalue weighted by Crippen LogP contribution is -2.07. The van der Waals surface area contributed by atoms with Gasteiger partial charge in [-0.05, 0) is 24.3 Å². The Bertz CT molecular complexity index is 582. The van der Waals surface area contributed by atoms with Crippen molar-refractivity contribution < 1.29 is 13.0 Å². The number of nitrogens with two attached hydrogens (primary N) is 1.